The number of rotatable bonds is 7. The number of thioether (sulfide) groups is 1. The summed E-state index contributed by atoms with van der Waals surface area (Å²) in [6.07, 6.45) is 0. The van der Waals surface area contributed by atoms with Gasteiger partial charge in [0.05, 0.1) is 36.1 Å². The van der Waals surface area contributed by atoms with E-state index in [9.17, 15) is 14.9 Å². The van der Waals surface area contributed by atoms with Crippen molar-refractivity contribution in [1.29, 1.82) is 0 Å². The lowest BCUT2D eigenvalue weighted by atomic mass is 10.2. The minimum atomic E-state index is -0.487. The summed E-state index contributed by atoms with van der Waals surface area (Å²) in [5.41, 5.74) is 1.13. The number of carbonyl (C=O) groups is 1. The number of hydrogen-bond acceptors (Lipinski definition) is 8. The van der Waals surface area contributed by atoms with Crippen LogP contribution >= 0.6 is 11.8 Å². The number of non-ortho nitro benzene ring substituents is 1. The van der Waals surface area contributed by atoms with Gasteiger partial charge in [0, 0.05) is 32.3 Å². The van der Waals surface area contributed by atoms with Crippen molar-refractivity contribution >= 4 is 29.0 Å². The van der Waals surface area contributed by atoms with Crippen LogP contribution in [0.25, 0.3) is 0 Å². The Morgan fingerprint density at radius 2 is 2.11 bits per heavy atom. The molecule has 1 aliphatic rings. The Balaban J connectivity index is 1.56. The van der Waals surface area contributed by atoms with Crippen LogP contribution in [0.1, 0.15) is 11.4 Å². The highest BCUT2D eigenvalue weighted by Crippen LogP contribution is 2.23. The average molecular weight is 406 g/mol. The monoisotopic (exact) mass is 406 g/mol. The molecule has 0 saturated carbocycles. The lowest BCUT2D eigenvalue weighted by Gasteiger charge is -2.25. The maximum atomic E-state index is 12.3. The summed E-state index contributed by atoms with van der Waals surface area (Å²) in [5, 5.41) is 22.7. The second-order valence-corrected chi connectivity index (χ2v) is 7.38. The van der Waals surface area contributed by atoms with Crippen LogP contribution in [0.15, 0.2) is 23.4 Å². The molecule has 0 bridgehead atoms. The zero-order valence-electron chi connectivity index (χ0n) is 15.8. The number of aryl methyl sites for hydroxylation is 1. The second kappa shape index (κ2) is 9.13. The molecule has 1 N–H and O–H groups in total. The first-order valence-electron chi connectivity index (χ1n) is 8.80. The molecule has 28 heavy (non-hydrogen) atoms. The van der Waals surface area contributed by atoms with Gasteiger partial charge in [-0.3, -0.25) is 19.8 Å². The number of morpholine rings is 1. The number of nitro groups is 1. The molecule has 11 heteroatoms. The van der Waals surface area contributed by atoms with Gasteiger partial charge in [0.25, 0.3) is 5.69 Å². The van der Waals surface area contributed by atoms with E-state index in [1.165, 1.54) is 23.9 Å². The van der Waals surface area contributed by atoms with Crippen LogP contribution in [-0.2, 0) is 23.1 Å². The van der Waals surface area contributed by atoms with Gasteiger partial charge in [-0.05, 0) is 12.5 Å². The molecule has 2 heterocycles. The lowest BCUT2D eigenvalue weighted by Crippen LogP contribution is -2.36. The Hall–Kier alpha value is -2.50. The normalized spacial score (nSPS) is 14.8. The predicted octanol–water partition coefficient (Wildman–Crippen LogP) is 1.59. The third-order valence-electron chi connectivity index (χ3n) is 4.43. The number of ether oxygens (including phenoxy) is 1. The molecule has 150 valence electrons. The Kier molecular flexibility index (Phi) is 6.60. The van der Waals surface area contributed by atoms with Crippen molar-refractivity contribution < 1.29 is 14.5 Å². The second-order valence-electron chi connectivity index (χ2n) is 6.44. The van der Waals surface area contributed by atoms with Crippen LogP contribution in [0.2, 0.25) is 0 Å². The molecule has 0 radical (unpaired) electrons. The van der Waals surface area contributed by atoms with E-state index >= 15 is 0 Å². The van der Waals surface area contributed by atoms with Crippen LogP contribution in [0.3, 0.4) is 0 Å². The van der Waals surface area contributed by atoms with E-state index in [1.807, 2.05) is 11.6 Å². The minimum absolute atomic E-state index is 0.0605. The third-order valence-corrected chi connectivity index (χ3v) is 5.45. The van der Waals surface area contributed by atoms with Gasteiger partial charge >= 0.3 is 0 Å². The number of amides is 1. The van der Waals surface area contributed by atoms with Crippen LogP contribution < -0.4 is 5.32 Å². The number of nitro benzene ring substituents is 1. The van der Waals surface area contributed by atoms with Crippen LogP contribution in [-0.4, -0.2) is 62.6 Å². The van der Waals surface area contributed by atoms with E-state index in [0.717, 1.165) is 37.7 Å². The van der Waals surface area contributed by atoms with Gasteiger partial charge in [0.1, 0.15) is 5.82 Å². The fourth-order valence-corrected chi connectivity index (χ4v) is 3.47. The summed E-state index contributed by atoms with van der Waals surface area (Å²) in [5.74, 6) is 0.705. The summed E-state index contributed by atoms with van der Waals surface area (Å²) in [6.45, 7) is 5.63. The van der Waals surface area contributed by atoms with Gasteiger partial charge in [-0.1, -0.05) is 17.8 Å². The molecule has 0 spiro atoms. The molecule has 0 atom stereocenters. The van der Waals surface area contributed by atoms with E-state index in [-0.39, 0.29) is 17.3 Å². The zero-order chi connectivity index (χ0) is 20.1. The third kappa shape index (κ3) is 5.06. The number of benzene rings is 1. The number of carbonyl (C=O) groups excluding carboxylic acids is 1. The first-order valence-corrected chi connectivity index (χ1v) is 9.78. The number of hydrogen-bond donors (Lipinski definition) is 1. The molecule has 1 saturated heterocycles. The smallest absolute Gasteiger partial charge is 0.271 e. The highest BCUT2D eigenvalue weighted by molar-refractivity contribution is 7.99. The average Bonchev–Trinajstić information content (AvgIpc) is 3.02. The highest BCUT2D eigenvalue weighted by Gasteiger charge is 2.17. The van der Waals surface area contributed by atoms with Gasteiger partial charge in [0.15, 0.2) is 5.16 Å². The lowest BCUT2D eigenvalue weighted by molar-refractivity contribution is -0.384. The van der Waals surface area contributed by atoms with E-state index in [0.29, 0.717) is 17.4 Å². The van der Waals surface area contributed by atoms with Crippen LogP contribution in [0.5, 0.6) is 0 Å². The highest BCUT2D eigenvalue weighted by atomic mass is 32.2. The molecule has 1 aromatic heterocycles. The van der Waals surface area contributed by atoms with Crippen molar-refractivity contribution in [2.75, 3.05) is 37.4 Å². The molecule has 1 aromatic carbocycles. The number of nitrogens with zero attached hydrogens (tertiary/aromatic N) is 5. The van der Waals surface area contributed by atoms with E-state index < -0.39 is 4.92 Å². The van der Waals surface area contributed by atoms with Gasteiger partial charge < -0.3 is 14.6 Å². The number of aromatic nitrogens is 3. The standard InChI is InChI=1S/C17H22N6O4S/c1-12-3-4-13(23(25)26)9-14(12)18-16(24)11-28-17-20-19-15(21(17)2)10-22-5-7-27-8-6-22/h3-4,9H,5-8,10-11H2,1-2H3,(H,18,24). The Morgan fingerprint density at radius 3 is 2.82 bits per heavy atom. The van der Waals surface area contributed by atoms with Crippen LogP contribution in [0, 0.1) is 17.0 Å². The number of nitrogens with one attached hydrogen (secondary N) is 1. The fraction of sp³-hybridized carbons (Fsp3) is 0.471. The maximum Gasteiger partial charge on any atom is 0.271 e. The van der Waals surface area contributed by atoms with Crippen molar-refractivity contribution in [3.63, 3.8) is 0 Å². The SMILES string of the molecule is Cc1ccc([N+](=O)[O-])cc1NC(=O)CSc1nnc(CN2CCOCC2)n1C. The largest absolute Gasteiger partial charge is 0.379 e. The molecule has 2 aromatic rings. The molecule has 3 rings (SSSR count). The first-order chi connectivity index (χ1) is 13.4. The Morgan fingerprint density at radius 1 is 1.36 bits per heavy atom. The summed E-state index contributed by atoms with van der Waals surface area (Å²) in [7, 11) is 1.88. The van der Waals surface area contributed by atoms with Crippen LogP contribution in [0.4, 0.5) is 11.4 Å². The van der Waals surface area contributed by atoms with Gasteiger partial charge in [0.2, 0.25) is 5.91 Å². The van der Waals surface area contributed by atoms with Crippen molar-refractivity contribution in [3.8, 4) is 0 Å². The zero-order valence-corrected chi connectivity index (χ0v) is 16.6. The maximum absolute atomic E-state index is 12.3. The predicted molar refractivity (Wildman–Crippen MR) is 104 cm³/mol. The molecule has 1 fully saturated rings. The van der Waals surface area contributed by atoms with E-state index in [1.54, 1.807) is 13.0 Å². The van der Waals surface area contributed by atoms with E-state index in [2.05, 4.69) is 20.4 Å². The van der Waals surface area contributed by atoms with Crippen molar-refractivity contribution in [2.45, 2.75) is 18.6 Å². The summed E-state index contributed by atoms with van der Waals surface area (Å²) < 4.78 is 7.23. The van der Waals surface area contributed by atoms with Gasteiger partial charge in [-0.15, -0.1) is 10.2 Å². The molecule has 0 aliphatic carbocycles. The molecule has 1 amide bonds. The van der Waals surface area contributed by atoms with Gasteiger partial charge in [-0.25, -0.2) is 0 Å². The summed E-state index contributed by atoms with van der Waals surface area (Å²) in [4.78, 5) is 24.9. The Bertz CT molecular complexity index is 865. The molecule has 0 unspecified atom stereocenters. The van der Waals surface area contributed by atoms with Gasteiger partial charge in [-0.2, -0.15) is 0 Å². The molecule has 10 nitrogen and oxygen atoms in total. The molecule has 1 aliphatic heterocycles. The first kappa shape index (κ1) is 20.2. The topological polar surface area (TPSA) is 115 Å². The van der Waals surface area contributed by atoms with Crippen molar-refractivity contribution in [1.82, 2.24) is 19.7 Å². The fourth-order valence-electron chi connectivity index (χ4n) is 2.74. The summed E-state index contributed by atoms with van der Waals surface area (Å²) >= 11 is 1.27. The number of anilines is 1. The van der Waals surface area contributed by atoms with Crippen molar-refractivity contribution in [2.24, 2.45) is 7.05 Å². The van der Waals surface area contributed by atoms with E-state index in [4.69, 9.17) is 4.74 Å². The molecular formula is C17H22N6O4S. The molecular weight excluding hydrogens is 384 g/mol. The quantitative estimate of drug-likeness (QED) is 0.419. The summed E-state index contributed by atoms with van der Waals surface area (Å²) in [6, 6.07) is 4.39. The minimum Gasteiger partial charge on any atom is -0.379 e. The van der Waals surface area contributed by atoms with Crippen molar-refractivity contribution in [3.05, 3.63) is 39.7 Å². The Labute approximate surface area is 166 Å².